The Kier molecular flexibility index (Phi) is 1.66. The van der Waals surface area contributed by atoms with E-state index in [1.54, 1.807) is 0 Å². The van der Waals surface area contributed by atoms with E-state index in [1.165, 1.54) is 12.1 Å². The summed E-state index contributed by atoms with van der Waals surface area (Å²) in [7, 11) is 0. The van der Waals surface area contributed by atoms with Crippen molar-refractivity contribution in [1.29, 1.82) is 0 Å². The molecule has 0 radical (unpaired) electrons. The van der Waals surface area contributed by atoms with Crippen LogP contribution in [0.25, 0.3) is 5.52 Å². The first-order valence-corrected chi connectivity index (χ1v) is 3.80. The van der Waals surface area contributed by atoms with E-state index >= 15 is 0 Å². The topological polar surface area (TPSA) is 30.2 Å². The maximum absolute atomic E-state index is 12.9. The second kappa shape index (κ2) is 2.57. The Labute approximate surface area is 76.7 Å². The van der Waals surface area contributed by atoms with Gasteiger partial charge in [0.05, 0.1) is 0 Å². The van der Waals surface area contributed by atoms with Gasteiger partial charge in [-0.3, -0.25) is 0 Å². The Balaban J connectivity index is 2.92. The van der Waals surface area contributed by atoms with Gasteiger partial charge in [-0.25, -0.2) is 9.50 Å². The highest BCUT2D eigenvalue weighted by molar-refractivity contribution is 6.34. The van der Waals surface area contributed by atoms with Gasteiger partial charge in [-0.1, -0.05) is 11.6 Å². The molecule has 6 heteroatoms. The fraction of sp³-hybridized carbons (Fsp3) is 0. The van der Waals surface area contributed by atoms with Gasteiger partial charge < -0.3 is 0 Å². The number of fused-ring (bicyclic) bond motifs is 1. The quantitative estimate of drug-likeness (QED) is 0.661. The normalized spacial score (nSPS) is 10.9. The molecular formula is C6H2Cl2FN3. The van der Waals surface area contributed by atoms with Crippen LogP contribution in [0.1, 0.15) is 0 Å². The average Bonchev–Trinajstić information content (AvgIpc) is 2.33. The fourth-order valence-electron chi connectivity index (χ4n) is 0.905. The maximum Gasteiger partial charge on any atom is 0.242 e. The number of hydrogen-bond donors (Lipinski definition) is 0. The van der Waals surface area contributed by atoms with E-state index in [0.717, 1.165) is 4.52 Å². The van der Waals surface area contributed by atoms with Crippen molar-refractivity contribution in [1.82, 2.24) is 14.6 Å². The lowest BCUT2D eigenvalue weighted by Gasteiger charge is -1.96. The molecule has 0 atom stereocenters. The molecule has 0 aliphatic heterocycles. The van der Waals surface area contributed by atoms with Gasteiger partial charge in [-0.05, 0) is 23.7 Å². The maximum atomic E-state index is 12.9. The van der Waals surface area contributed by atoms with Crippen LogP contribution in [0.3, 0.4) is 0 Å². The fourth-order valence-corrected chi connectivity index (χ4v) is 1.33. The second-order valence-corrected chi connectivity index (χ2v) is 2.82. The van der Waals surface area contributed by atoms with E-state index in [4.69, 9.17) is 23.2 Å². The van der Waals surface area contributed by atoms with Gasteiger partial charge in [0.2, 0.25) is 11.2 Å². The first-order valence-electron chi connectivity index (χ1n) is 3.05. The SMILES string of the molecule is Fc1ccc2c(Cl)nc(Cl)nn12. The third kappa shape index (κ3) is 1.04. The molecule has 0 N–H and O–H groups in total. The predicted molar refractivity (Wildman–Crippen MR) is 43.0 cm³/mol. The minimum atomic E-state index is -0.517. The third-order valence-corrected chi connectivity index (χ3v) is 1.83. The molecule has 12 heavy (non-hydrogen) atoms. The van der Waals surface area contributed by atoms with Crippen LogP contribution in [0.2, 0.25) is 10.4 Å². The summed E-state index contributed by atoms with van der Waals surface area (Å²) < 4.78 is 13.9. The van der Waals surface area contributed by atoms with Crippen molar-refractivity contribution >= 4 is 28.7 Å². The average molecular weight is 206 g/mol. The van der Waals surface area contributed by atoms with Crippen LogP contribution in [-0.4, -0.2) is 14.6 Å². The molecule has 2 heterocycles. The largest absolute Gasteiger partial charge is 0.242 e. The monoisotopic (exact) mass is 205 g/mol. The van der Waals surface area contributed by atoms with Gasteiger partial charge in [0, 0.05) is 0 Å². The molecule has 0 fully saturated rings. The van der Waals surface area contributed by atoms with E-state index in [1.807, 2.05) is 0 Å². The van der Waals surface area contributed by atoms with Crippen LogP contribution in [0.5, 0.6) is 0 Å². The molecule has 3 nitrogen and oxygen atoms in total. The van der Waals surface area contributed by atoms with E-state index in [-0.39, 0.29) is 10.4 Å². The molecule has 0 aliphatic rings. The molecule has 0 aromatic carbocycles. The van der Waals surface area contributed by atoms with Crippen molar-refractivity contribution in [2.75, 3.05) is 0 Å². The van der Waals surface area contributed by atoms with Crippen molar-refractivity contribution < 1.29 is 4.39 Å². The highest BCUT2D eigenvalue weighted by atomic mass is 35.5. The van der Waals surface area contributed by atoms with E-state index < -0.39 is 5.95 Å². The molecular weight excluding hydrogens is 204 g/mol. The van der Waals surface area contributed by atoms with E-state index in [0.29, 0.717) is 5.52 Å². The third-order valence-electron chi connectivity index (χ3n) is 1.39. The van der Waals surface area contributed by atoms with Gasteiger partial charge >= 0.3 is 0 Å². The molecule has 2 rings (SSSR count). The molecule has 0 bridgehead atoms. The molecule has 0 aliphatic carbocycles. The molecule has 0 amide bonds. The highest BCUT2D eigenvalue weighted by Crippen LogP contribution is 2.17. The second-order valence-electron chi connectivity index (χ2n) is 2.12. The predicted octanol–water partition coefficient (Wildman–Crippen LogP) is 2.18. The minimum absolute atomic E-state index is 0.0809. The van der Waals surface area contributed by atoms with Crippen molar-refractivity contribution in [2.24, 2.45) is 0 Å². The molecule has 2 aromatic rings. The minimum Gasteiger partial charge on any atom is -0.202 e. The van der Waals surface area contributed by atoms with Crippen molar-refractivity contribution in [3.05, 3.63) is 28.5 Å². The Morgan fingerprint density at radius 3 is 2.83 bits per heavy atom. The molecule has 0 spiro atoms. The smallest absolute Gasteiger partial charge is 0.202 e. The lowest BCUT2D eigenvalue weighted by Crippen LogP contribution is -1.97. The zero-order chi connectivity index (χ0) is 8.72. The number of nitrogens with zero attached hydrogens (tertiary/aromatic N) is 3. The zero-order valence-electron chi connectivity index (χ0n) is 5.63. The summed E-state index contributed by atoms with van der Waals surface area (Å²) in [6, 6.07) is 2.72. The Bertz CT molecular complexity index is 440. The van der Waals surface area contributed by atoms with Crippen LogP contribution in [0.4, 0.5) is 4.39 Å². The summed E-state index contributed by atoms with van der Waals surface area (Å²) in [5.74, 6) is -0.517. The molecule has 2 aromatic heterocycles. The van der Waals surface area contributed by atoms with Crippen molar-refractivity contribution in [2.45, 2.75) is 0 Å². The summed E-state index contributed by atoms with van der Waals surface area (Å²) in [6.07, 6.45) is 0. The Morgan fingerprint density at radius 1 is 1.33 bits per heavy atom. The molecule has 0 unspecified atom stereocenters. The number of halogens is 3. The number of hydrogen-bond acceptors (Lipinski definition) is 2. The summed E-state index contributed by atoms with van der Waals surface area (Å²) in [4.78, 5) is 3.65. The van der Waals surface area contributed by atoms with Crippen molar-refractivity contribution in [3.63, 3.8) is 0 Å². The first kappa shape index (κ1) is 7.76. The summed E-state index contributed by atoms with van der Waals surface area (Å²) in [5, 5.41) is 3.66. The van der Waals surface area contributed by atoms with E-state index in [2.05, 4.69) is 10.1 Å². The lowest BCUT2D eigenvalue weighted by atomic mass is 10.5. The lowest BCUT2D eigenvalue weighted by molar-refractivity contribution is 0.547. The number of aromatic nitrogens is 3. The van der Waals surface area contributed by atoms with Gasteiger partial charge in [0.1, 0.15) is 5.52 Å². The van der Waals surface area contributed by atoms with Crippen LogP contribution in [0.15, 0.2) is 12.1 Å². The van der Waals surface area contributed by atoms with E-state index in [9.17, 15) is 4.39 Å². The summed E-state index contributed by atoms with van der Waals surface area (Å²) >= 11 is 11.1. The van der Waals surface area contributed by atoms with Crippen LogP contribution in [0, 0.1) is 5.95 Å². The molecule has 62 valence electrons. The zero-order valence-corrected chi connectivity index (χ0v) is 7.14. The van der Waals surface area contributed by atoms with Gasteiger partial charge in [-0.15, -0.1) is 5.10 Å². The first-order chi connectivity index (χ1) is 5.68. The highest BCUT2D eigenvalue weighted by Gasteiger charge is 2.07. The Hall–Kier alpha value is -0.870. The van der Waals surface area contributed by atoms with Crippen LogP contribution < -0.4 is 0 Å². The van der Waals surface area contributed by atoms with Gasteiger partial charge in [-0.2, -0.15) is 4.39 Å². The summed E-state index contributed by atoms with van der Waals surface area (Å²) in [5.41, 5.74) is 0.401. The number of rotatable bonds is 0. The summed E-state index contributed by atoms with van der Waals surface area (Å²) in [6.45, 7) is 0. The Morgan fingerprint density at radius 2 is 2.08 bits per heavy atom. The van der Waals surface area contributed by atoms with Crippen LogP contribution in [-0.2, 0) is 0 Å². The molecule has 0 saturated carbocycles. The van der Waals surface area contributed by atoms with Gasteiger partial charge in [0.25, 0.3) is 0 Å². The molecule has 0 saturated heterocycles. The standard InChI is InChI=1S/C6H2Cl2FN3/c7-5-3-1-2-4(9)12(3)11-6(8)10-5/h1-2H. The van der Waals surface area contributed by atoms with Gasteiger partial charge in [0.15, 0.2) is 5.15 Å². The van der Waals surface area contributed by atoms with Crippen LogP contribution >= 0.6 is 23.2 Å². The van der Waals surface area contributed by atoms with Crippen molar-refractivity contribution in [3.8, 4) is 0 Å².